The molecule has 0 fully saturated rings. The maximum Gasteiger partial charge on any atom is 0.256 e. The SMILES string of the molecule is CN(C)C=Nc1ncc(C(C)(C)C)c(=O)[nH]1. The molecule has 0 aromatic carbocycles. The fourth-order valence-corrected chi connectivity index (χ4v) is 1.16. The molecule has 0 aliphatic heterocycles. The first-order valence-electron chi connectivity index (χ1n) is 5.11. The Hall–Kier alpha value is -1.65. The fraction of sp³-hybridized carbons (Fsp3) is 0.545. The smallest absolute Gasteiger partial charge is 0.256 e. The van der Waals surface area contributed by atoms with E-state index < -0.39 is 0 Å². The normalized spacial score (nSPS) is 12.1. The van der Waals surface area contributed by atoms with Gasteiger partial charge in [-0.1, -0.05) is 20.8 Å². The maximum absolute atomic E-state index is 11.7. The number of nitrogens with one attached hydrogen (secondary N) is 1. The van der Waals surface area contributed by atoms with E-state index in [1.54, 1.807) is 17.4 Å². The highest BCUT2D eigenvalue weighted by molar-refractivity contribution is 5.57. The highest BCUT2D eigenvalue weighted by Gasteiger charge is 2.18. The highest BCUT2D eigenvalue weighted by atomic mass is 16.1. The molecule has 0 unspecified atom stereocenters. The molecule has 88 valence electrons. The molecule has 0 bridgehead atoms. The quantitative estimate of drug-likeness (QED) is 0.606. The largest absolute Gasteiger partial charge is 0.369 e. The van der Waals surface area contributed by atoms with E-state index in [0.29, 0.717) is 11.5 Å². The topological polar surface area (TPSA) is 61.4 Å². The molecule has 0 saturated heterocycles. The number of aromatic nitrogens is 2. The van der Waals surface area contributed by atoms with Crippen molar-refractivity contribution in [3.63, 3.8) is 0 Å². The lowest BCUT2D eigenvalue weighted by Crippen LogP contribution is -2.24. The zero-order valence-corrected chi connectivity index (χ0v) is 10.4. The third-order valence-electron chi connectivity index (χ3n) is 2.00. The van der Waals surface area contributed by atoms with Crippen LogP contribution in [0.1, 0.15) is 26.3 Å². The van der Waals surface area contributed by atoms with Crippen LogP contribution < -0.4 is 5.56 Å². The first-order valence-corrected chi connectivity index (χ1v) is 5.11. The maximum atomic E-state index is 11.7. The van der Waals surface area contributed by atoms with Gasteiger partial charge in [0.1, 0.15) is 0 Å². The molecule has 1 rings (SSSR count). The number of H-pyrrole nitrogens is 1. The lowest BCUT2D eigenvalue weighted by Gasteiger charge is -2.16. The first-order chi connectivity index (χ1) is 7.30. The van der Waals surface area contributed by atoms with Gasteiger partial charge >= 0.3 is 0 Å². The molecule has 0 saturated carbocycles. The number of hydrogen-bond acceptors (Lipinski definition) is 3. The Balaban J connectivity index is 3.06. The van der Waals surface area contributed by atoms with Crippen molar-refractivity contribution >= 4 is 12.3 Å². The molecule has 1 N–H and O–H groups in total. The van der Waals surface area contributed by atoms with Crippen LogP contribution in [-0.2, 0) is 5.41 Å². The van der Waals surface area contributed by atoms with Gasteiger partial charge in [-0.15, -0.1) is 0 Å². The van der Waals surface area contributed by atoms with Gasteiger partial charge in [-0.25, -0.2) is 9.98 Å². The van der Waals surface area contributed by atoms with Crippen molar-refractivity contribution in [1.82, 2.24) is 14.9 Å². The Morgan fingerprint density at radius 2 is 2.06 bits per heavy atom. The first kappa shape index (κ1) is 12.4. The summed E-state index contributed by atoms with van der Waals surface area (Å²) in [6.07, 6.45) is 3.18. The van der Waals surface area contributed by atoms with Crippen LogP contribution in [0.4, 0.5) is 5.95 Å². The van der Waals surface area contributed by atoms with Crippen molar-refractivity contribution in [1.29, 1.82) is 0 Å². The van der Waals surface area contributed by atoms with Crippen LogP contribution in [0.5, 0.6) is 0 Å². The zero-order valence-electron chi connectivity index (χ0n) is 10.4. The molecule has 1 heterocycles. The van der Waals surface area contributed by atoms with Crippen molar-refractivity contribution in [2.45, 2.75) is 26.2 Å². The lowest BCUT2D eigenvalue weighted by atomic mass is 9.89. The summed E-state index contributed by atoms with van der Waals surface area (Å²) in [5.41, 5.74) is 0.328. The molecule has 0 spiro atoms. The standard InChI is InChI=1S/C11H18N4O/c1-11(2,3)8-6-12-10(14-9(8)16)13-7-15(4)5/h6-7H,1-5H3,(H,12,14,16). The summed E-state index contributed by atoms with van der Waals surface area (Å²) in [7, 11) is 3.70. The third kappa shape index (κ3) is 3.18. The van der Waals surface area contributed by atoms with Crippen LogP contribution >= 0.6 is 0 Å². The van der Waals surface area contributed by atoms with Gasteiger partial charge in [-0.2, -0.15) is 0 Å². The average Bonchev–Trinajstić information content (AvgIpc) is 2.12. The average molecular weight is 222 g/mol. The highest BCUT2D eigenvalue weighted by Crippen LogP contribution is 2.17. The van der Waals surface area contributed by atoms with E-state index in [2.05, 4.69) is 15.0 Å². The minimum Gasteiger partial charge on any atom is -0.369 e. The zero-order chi connectivity index (χ0) is 12.3. The van der Waals surface area contributed by atoms with E-state index in [4.69, 9.17) is 0 Å². The Kier molecular flexibility index (Phi) is 3.47. The number of hydrogen-bond donors (Lipinski definition) is 1. The third-order valence-corrected chi connectivity index (χ3v) is 2.00. The van der Waals surface area contributed by atoms with E-state index in [9.17, 15) is 4.79 Å². The molecule has 0 radical (unpaired) electrons. The van der Waals surface area contributed by atoms with E-state index in [1.165, 1.54) is 0 Å². The van der Waals surface area contributed by atoms with Gasteiger partial charge in [-0.3, -0.25) is 9.78 Å². The molecular weight excluding hydrogens is 204 g/mol. The van der Waals surface area contributed by atoms with Crippen LogP contribution in [-0.4, -0.2) is 35.3 Å². The predicted octanol–water partition coefficient (Wildman–Crippen LogP) is 1.29. The van der Waals surface area contributed by atoms with Crippen LogP contribution in [0.2, 0.25) is 0 Å². The Bertz CT molecular complexity index is 440. The fourth-order valence-electron chi connectivity index (χ4n) is 1.16. The van der Waals surface area contributed by atoms with Crippen molar-refractivity contribution in [2.75, 3.05) is 14.1 Å². The second kappa shape index (κ2) is 4.47. The Labute approximate surface area is 95.2 Å². The molecule has 0 aliphatic carbocycles. The van der Waals surface area contributed by atoms with E-state index in [1.807, 2.05) is 34.9 Å². The van der Waals surface area contributed by atoms with E-state index in [0.717, 1.165) is 0 Å². The summed E-state index contributed by atoms with van der Waals surface area (Å²) in [4.78, 5) is 24.3. The van der Waals surface area contributed by atoms with Gasteiger partial charge in [0.15, 0.2) is 0 Å². The monoisotopic (exact) mass is 222 g/mol. The minimum absolute atomic E-state index is 0.131. The van der Waals surface area contributed by atoms with Gasteiger partial charge in [0.05, 0.1) is 6.34 Å². The van der Waals surface area contributed by atoms with Crippen LogP contribution in [0.3, 0.4) is 0 Å². The molecule has 1 aromatic heterocycles. The van der Waals surface area contributed by atoms with Gasteiger partial charge in [-0.05, 0) is 5.41 Å². The van der Waals surface area contributed by atoms with Gasteiger partial charge < -0.3 is 4.90 Å². The summed E-state index contributed by atoms with van der Waals surface area (Å²) in [5, 5.41) is 0. The minimum atomic E-state index is -0.204. The van der Waals surface area contributed by atoms with Crippen molar-refractivity contribution < 1.29 is 0 Å². The van der Waals surface area contributed by atoms with Crippen molar-refractivity contribution in [2.24, 2.45) is 4.99 Å². The molecule has 5 nitrogen and oxygen atoms in total. The lowest BCUT2D eigenvalue weighted by molar-refractivity contribution is 0.578. The Morgan fingerprint density at radius 1 is 1.44 bits per heavy atom. The molecule has 0 aliphatic rings. The predicted molar refractivity (Wildman–Crippen MR) is 65.4 cm³/mol. The van der Waals surface area contributed by atoms with Crippen LogP contribution in [0.15, 0.2) is 16.0 Å². The summed E-state index contributed by atoms with van der Waals surface area (Å²) in [6, 6.07) is 0. The van der Waals surface area contributed by atoms with E-state index >= 15 is 0 Å². The Morgan fingerprint density at radius 3 is 2.50 bits per heavy atom. The summed E-state index contributed by atoms with van der Waals surface area (Å²) in [6.45, 7) is 5.92. The second-order valence-corrected chi connectivity index (χ2v) is 4.91. The summed E-state index contributed by atoms with van der Waals surface area (Å²) >= 11 is 0. The van der Waals surface area contributed by atoms with Crippen LogP contribution in [0, 0.1) is 0 Å². The molecule has 1 aromatic rings. The number of rotatable bonds is 2. The molecule has 5 heteroatoms. The number of aliphatic imine (C=N–C) groups is 1. The summed E-state index contributed by atoms with van der Waals surface area (Å²) < 4.78 is 0. The van der Waals surface area contributed by atoms with Gasteiger partial charge in [0, 0.05) is 25.9 Å². The van der Waals surface area contributed by atoms with Crippen molar-refractivity contribution in [3.05, 3.63) is 22.1 Å². The number of aromatic amines is 1. The summed E-state index contributed by atoms with van der Waals surface area (Å²) in [5.74, 6) is 0.326. The molecule has 0 atom stereocenters. The van der Waals surface area contributed by atoms with Crippen molar-refractivity contribution in [3.8, 4) is 0 Å². The molecule has 0 amide bonds. The van der Waals surface area contributed by atoms with Gasteiger partial charge in [0.25, 0.3) is 5.56 Å². The second-order valence-electron chi connectivity index (χ2n) is 4.91. The van der Waals surface area contributed by atoms with Gasteiger partial charge in [0.2, 0.25) is 5.95 Å². The van der Waals surface area contributed by atoms with E-state index in [-0.39, 0.29) is 11.0 Å². The molecular formula is C11H18N4O. The molecule has 16 heavy (non-hydrogen) atoms. The number of nitrogens with zero attached hydrogens (tertiary/aromatic N) is 3. The van der Waals surface area contributed by atoms with Crippen LogP contribution in [0.25, 0.3) is 0 Å².